The van der Waals surface area contributed by atoms with Crippen molar-refractivity contribution in [3.8, 4) is 0 Å². The maximum atomic E-state index is 2.44. The van der Waals surface area contributed by atoms with Crippen LogP contribution in [0.25, 0.3) is 9.81 Å². The lowest BCUT2D eigenvalue weighted by Gasteiger charge is -2.41. The molecule has 118 valence electrons. The van der Waals surface area contributed by atoms with Crippen LogP contribution in [0.2, 0.25) is 0 Å². The lowest BCUT2D eigenvalue weighted by molar-refractivity contribution is 0.229. The van der Waals surface area contributed by atoms with Crippen molar-refractivity contribution in [3.63, 3.8) is 0 Å². The van der Waals surface area contributed by atoms with E-state index in [0.717, 1.165) is 0 Å². The van der Waals surface area contributed by atoms with Crippen LogP contribution in [0.3, 0.4) is 0 Å². The van der Waals surface area contributed by atoms with Crippen LogP contribution < -0.4 is 0 Å². The van der Waals surface area contributed by atoms with Crippen molar-refractivity contribution in [3.05, 3.63) is 83.9 Å². The first-order valence-electron chi connectivity index (χ1n) is 8.13. The number of hydrogen-bond acceptors (Lipinski definition) is 1. The molecular formula is C22H24S. The van der Waals surface area contributed by atoms with E-state index >= 15 is 0 Å². The van der Waals surface area contributed by atoms with Gasteiger partial charge in [-0.15, -0.1) is 0 Å². The van der Waals surface area contributed by atoms with Gasteiger partial charge in [0.2, 0.25) is 0 Å². The van der Waals surface area contributed by atoms with E-state index in [1.54, 1.807) is 0 Å². The molecule has 1 aliphatic heterocycles. The molecule has 0 aliphatic carbocycles. The van der Waals surface area contributed by atoms with E-state index in [1.807, 2.05) is 11.8 Å². The smallest absolute Gasteiger partial charge is 0.0163 e. The zero-order chi connectivity index (χ0) is 16.5. The Bertz CT molecular complexity index is 675. The third-order valence-electron chi connectivity index (χ3n) is 4.81. The van der Waals surface area contributed by atoms with Gasteiger partial charge in [-0.05, 0) is 16.5 Å². The lowest BCUT2D eigenvalue weighted by atomic mass is 9.67. The molecule has 3 rings (SSSR count). The summed E-state index contributed by atoms with van der Waals surface area (Å²) in [6.07, 6.45) is 4.89. The summed E-state index contributed by atoms with van der Waals surface area (Å²) in [4.78, 5) is 2.70. The number of benzene rings is 2. The Labute approximate surface area is 144 Å². The third kappa shape index (κ3) is 3.30. The quantitative estimate of drug-likeness (QED) is 0.582. The summed E-state index contributed by atoms with van der Waals surface area (Å²) < 4.78 is 0. The van der Waals surface area contributed by atoms with Crippen LogP contribution in [0.4, 0.5) is 0 Å². The average molecular weight is 321 g/mol. The van der Waals surface area contributed by atoms with Crippen LogP contribution in [0.15, 0.2) is 72.8 Å². The molecule has 23 heavy (non-hydrogen) atoms. The van der Waals surface area contributed by atoms with Crippen LogP contribution in [0, 0.1) is 10.8 Å². The third-order valence-corrected chi connectivity index (χ3v) is 5.96. The van der Waals surface area contributed by atoms with E-state index in [-0.39, 0.29) is 10.8 Å². The molecule has 1 heteroatoms. The Morgan fingerprint density at radius 2 is 1.09 bits per heavy atom. The maximum Gasteiger partial charge on any atom is 0.0163 e. The predicted octanol–water partition coefficient (Wildman–Crippen LogP) is 6.87. The van der Waals surface area contributed by atoms with Crippen molar-refractivity contribution >= 4 is 21.6 Å². The summed E-state index contributed by atoms with van der Waals surface area (Å²) in [6, 6.07) is 21.4. The average Bonchev–Trinajstić information content (AvgIpc) is 2.55. The Kier molecular flexibility index (Phi) is 4.25. The molecule has 1 aliphatic rings. The monoisotopic (exact) mass is 320 g/mol. The molecule has 0 atom stereocenters. The van der Waals surface area contributed by atoms with Gasteiger partial charge < -0.3 is 0 Å². The summed E-state index contributed by atoms with van der Waals surface area (Å²) in [5.74, 6) is 0. The first kappa shape index (κ1) is 16.1. The molecule has 0 fully saturated rings. The molecule has 1 heterocycles. The summed E-state index contributed by atoms with van der Waals surface area (Å²) >= 11 is 1.88. The van der Waals surface area contributed by atoms with Crippen molar-refractivity contribution in [1.29, 1.82) is 0 Å². The van der Waals surface area contributed by atoms with Gasteiger partial charge in [-0.2, -0.15) is 0 Å². The van der Waals surface area contributed by atoms with E-state index < -0.39 is 0 Å². The highest BCUT2D eigenvalue weighted by Gasteiger charge is 2.37. The minimum absolute atomic E-state index is 0.0224. The van der Waals surface area contributed by atoms with Crippen molar-refractivity contribution < 1.29 is 0 Å². The Hall–Kier alpha value is -1.73. The molecule has 2 aromatic carbocycles. The summed E-state index contributed by atoms with van der Waals surface area (Å²) in [7, 11) is 0. The largest absolute Gasteiger partial charge is 0.0894 e. The fourth-order valence-corrected chi connectivity index (χ4v) is 4.04. The molecule has 0 saturated heterocycles. The molecule has 0 radical (unpaired) electrons. The predicted molar refractivity (Wildman–Crippen MR) is 104 cm³/mol. The number of allylic oxidation sites excluding steroid dienone is 2. The van der Waals surface area contributed by atoms with Gasteiger partial charge >= 0.3 is 0 Å². The van der Waals surface area contributed by atoms with E-state index in [9.17, 15) is 0 Å². The van der Waals surface area contributed by atoms with Crippen molar-refractivity contribution in [2.75, 3.05) is 0 Å². The number of rotatable bonds is 2. The van der Waals surface area contributed by atoms with E-state index in [0.29, 0.717) is 0 Å². The number of hydrogen-bond donors (Lipinski definition) is 0. The fourth-order valence-electron chi connectivity index (χ4n) is 2.69. The van der Waals surface area contributed by atoms with Crippen LogP contribution in [-0.4, -0.2) is 0 Å². The molecular weight excluding hydrogens is 296 g/mol. The Morgan fingerprint density at radius 1 is 0.696 bits per heavy atom. The molecule has 0 saturated carbocycles. The molecule has 0 amide bonds. The van der Waals surface area contributed by atoms with Crippen LogP contribution in [0.5, 0.6) is 0 Å². The second-order valence-corrected chi connectivity index (χ2v) is 8.47. The van der Waals surface area contributed by atoms with Crippen LogP contribution in [-0.2, 0) is 0 Å². The summed E-state index contributed by atoms with van der Waals surface area (Å²) in [5.41, 5.74) is 2.78. The van der Waals surface area contributed by atoms with Gasteiger partial charge in [0.15, 0.2) is 0 Å². The first-order valence-corrected chi connectivity index (χ1v) is 8.95. The van der Waals surface area contributed by atoms with Crippen molar-refractivity contribution in [2.45, 2.75) is 27.7 Å². The van der Waals surface area contributed by atoms with Gasteiger partial charge in [0.05, 0.1) is 0 Å². The molecule has 0 N–H and O–H groups in total. The maximum absolute atomic E-state index is 2.44. The molecule has 0 aromatic heterocycles. The zero-order valence-electron chi connectivity index (χ0n) is 14.3. The normalized spacial score (nSPS) is 17.4. The molecule has 0 spiro atoms. The van der Waals surface area contributed by atoms with Crippen LogP contribution >= 0.6 is 11.8 Å². The Balaban J connectivity index is 2.10. The molecule has 0 nitrogen and oxygen atoms in total. The van der Waals surface area contributed by atoms with Gasteiger partial charge in [-0.1, -0.05) is 112 Å². The first-order chi connectivity index (χ1) is 10.9. The van der Waals surface area contributed by atoms with Crippen LogP contribution in [0.1, 0.15) is 38.8 Å². The fraction of sp³-hybridized carbons (Fsp3) is 0.273. The van der Waals surface area contributed by atoms with Crippen molar-refractivity contribution in [2.24, 2.45) is 10.8 Å². The minimum Gasteiger partial charge on any atom is -0.0894 e. The van der Waals surface area contributed by atoms with Crippen molar-refractivity contribution in [1.82, 2.24) is 0 Å². The van der Waals surface area contributed by atoms with Gasteiger partial charge in [-0.25, -0.2) is 0 Å². The lowest BCUT2D eigenvalue weighted by Crippen LogP contribution is -2.30. The highest BCUT2D eigenvalue weighted by molar-refractivity contribution is 8.16. The minimum atomic E-state index is 0.0224. The van der Waals surface area contributed by atoms with Gasteiger partial charge in [-0.3, -0.25) is 0 Å². The standard InChI is InChI=1S/C22H24S/c1-21(2,3)22(4)15-19(17-11-7-5-8-12-17)23-20(16-22)18-13-9-6-10-14-18/h5-16H,1-4H3. The SMILES string of the molecule is CC(C)(C)C1(C)C=C(c2ccccc2)SC(c2ccccc2)=C1. The highest BCUT2D eigenvalue weighted by Crippen LogP contribution is 2.53. The van der Waals surface area contributed by atoms with Gasteiger partial charge in [0.1, 0.15) is 0 Å². The molecule has 0 bridgehead atoms. The Morgan fingerprint density at radius 3 is 1.43 bits per heavy atom. The van der Waals surface area contributed by atoms with Gasteiger partial charge in [0, 0.05) is 15.2 Å². The summed E-state index contributed by atoms with van der Waals surface area (Å²) in [5, 5.41) is 0. The van der Waals surface area contributed by atoms with E-state index in [4.69, 9.17) is 0 Å². The topological polar surface area (TPSA) is 0 Å². The highest BCUT2D eigenvalue weighted by atomic mass is 32.2. The second-order valence-electron chi connectivity index (χ2n) is 7.38. The summed E-state index contributed by atoms with van der Waals surface area (Å²) in [6.45, 7) is 9.31. The van der Waals surface area contributed by atoms with E-state index in [1.165, 1.54) is 20.9 Å². The number of thioether (sulfide) groups is 1. The second kappa shape index (κ2) is 6.05. The van der Waals surface area contributed by atoms with Gasteiger partial charge in [0.25, 0.3) is 0 Å². The van der Waals surface area contributed by atoms with E-state index in [2.05, 4.69) is 101 Å². The molecule has 2 aromatic rings. The zero-order valence-corrected chi connectivity index (χ0v) is 15.2. The molecule has 0 unspecified atom stereocenters.